The summed E-state index contributed by atoms with van der Waals surface area (Å²) in [5.74, 6) is 0.879. The molecule has 5 rings (SSSR count). The largest absolute Gasteiger partial charge is 0.268 e. The van der Waals surface area contributed by atoms with Crippen LogP contribution in [0.4, 0.5) is 0 Å². The number of fused-ring (bicyclic) bond motifs is 4. The molecule has 0 unspecified atom stereocenters. The summed E-state index contributed by atoms with van der Waals surface area (Å²) < 4.78 is 1.87. The second-order valence-corrected chi connectivity index (χ2v) is 9.93. The molecule has 1 heterocycles. The van der Waals surface area contributed by atoms with E-state index in [1.165, 1.54) is 30.4 Å². The number of aryl methyl sites for hydroxylation is 1. The molecule has 1 spiro atoms. The van der Waals surface area contributed by atoms with Gasteiger partial charge in [0.25, 0.3) is 5.56 Å². The van der Waals surface area contributed by atoms with Crippen molar-refractivity contribution in [3.8, 4) is 16.9 Å². The number of hydrogen-bond acceptors (Lipinski definition) is 3. The number of rotatable bonds is 3. The van der Waals surface area contributed by atoms with Crippen molar-refractivity contribution in [1.82, 2.24) is 9.55 Å². The van der Waals surface area contributed by atoms with E-state index < -0.39 is 0 Å². The number of nitrogens with zero attached hydrogens (tertiary/aromatic N) is 2. The molecule has 3 aromatic rings. The Morgan fingerprint density at radius 2 is 1.77 bits per heavy atom. The van der Waals surface area contributed by atoms with E-state index in [1.54, 1.807) is 11.8 Å². The van der Waals surface area contributed by atoms with E-state index in [9.17, 15) is 4.79 Å². The maximum atomic E-state index is 14.2. The normalized spacial score (nSPS) is 16.9. The number of aromatic nitrogens is 2. The lowest BCUT2D eigenvalue weighted by molar-refractivity contribution is 0.283. The molecule has 0 radical (unpaired) electrons. The molecule has 30 heavy (non-hydrogen) atoms. The Kier molecular flexibility index (Phi) is 5.06. The first kappa shape index (κ1) is 19.6. The fourth-order valence-electron chi connectivity index (χ4n) is 5.34. The molecule has 1 saturated carbocycles. The molecule has 0 saturated heterocycles. The van der Waals surface area contributed by atoms with Crippen LogP contribution in [0.3, 0.4) is 0 Å². The zero-order valence-corrected chi connectivity index (χ0v) is 18.6. The zero-order chi connectivity index (χ0) is 20.7. The average Bonchev–Trinajstić information content (AvgIpc) is 2.75. The highest BCUT2D eigenvalue weighted by Crippen LogP contribution is 2.48. The third-order valence-corrected chi connectivity index (χ3v) is 7.58. The summed E-state index contributed by atoms with van der Waals surface area (Å²) in [7, 11) is 0. The van der Waals surface area contributed by atoms with Crippen LogP contribution in [0.1, 0.15) is 55.7 Å². The molecule has 0 N–H and O–H groups in total. The van der Waals surface area contributed by atoms with Crippen LogP contribution in [-0.2, 0) is 11.8 Å². The van der Waals surface area contributed by atoms with Crippen LogP contribution in [0.5, 0.6) is 0 Å². The number of thioether (sulfide) groups is 1. The summed E-state index contributed by atoms with van der Waals surface area (Å²) >= 11 is 1.65. The fourth-order valence-corrected chi connectivity index (χ4v) is 6.07. The summed E-state index contributed by atoms with van der Waals surface area (Å²) in [6.07, 6.45) is 6.77. The van der Waals surface area contributed by atoms with Gasteiger partial charge in [-0.2, -0.15) is 0 Å². The Morgan fingerprint density at radius 1 is 1.03 bits per heavy atom. The summed E-state index contributed by atoms with van der Waals surface area (Å²) in [5, 5.41) is 0.799. The van der Waals surface area contributed by atoms with Crippen molar-refractivity contribution in [2.75, 3.05) is 5.75 Å². The Hall–Kier alpha value is -2.33. The first-order chi connectivity index (χ1) is 14.6. The van der Waals surface area contributed by atoms with Crippen molar-refractivity contribution in [1.29, 1.82) is 0 Å². The topological polar surface area (TPSA) is 34.9 Å². The highest BCUT2D eigenvalue weighted by Gasteiger charge is 2.43. The third kappa shape index (κ3) is 3.13. The van der Waals surface area contributed by atoms with E-state index in [4.69, 9.17) is 4.98 Å². The fraction of sp³-hybridized carbons (Fsp3) is 0.385. The highest BCUT2D eigenvalue weighted by atomic mass is 32.2. The zero-order valence-electron chi connectivity index (χ0n) is 17.8. The molecule has 0 aliphatic heterocycles. The molecule has 2 aromatic carbocycles. The van der Waals surface area contributed by atoms with Crippen LogP contribution >= 0.6 is 11.8 Å². The van der Waals surface area contributed by atoms with Crippen molar-refractivity contribution in [2.24, 2.45) is 0 Å². The van der Waals surface area contributed by atoms with Crippen LogP contribution < -0.4 is 5.56 Å². The van der Waals surface area contributed by atoms with E-state index in [-0.39, 0.29) is 11.0 Å². The quantitative estimate of drug-likeness (QED) is 0.383. The summed E-state index contributed by atoms with van der Waals surface area (Å²) in [4.78, 5) is 19.4. The summed E-state index contributed by atoms with van der Waals surface area (Å²) in [6, 6.07) is 16.8. The summed E-state index contributed by atoms with van der Waals surface area (Å²) in [5.41, 5.74) is 6.56. The van der Waals surface area contributed by atoms with Gasteiger partial charge in [0.1, 0.15) is 0 Å². The molecular formula is C26H28N2OS. The van der Waals surface area contributed by atoms with Crippen molar-refractivity contribution in [3.05, 3.63) is 75.6 Å². The molecule has 154 valence electrons. The van der Waals surface area contributed by atoms with Gasteiger partial charge in [-0.3, -0.25) is 9.36 Å². The van der Waals surface area contributed by atoms with Gasteiger partial charge in [0.15, 0.2) is 5.16 Å². The van der Waals surface area contributed by atoms with E-state index >= 15 is 0 Å². The van der Waals surface area contributed by atoms with Gasteiger partial charge in [0, 0.05) is 11.0 Å². The molecule has 0 amide bonds. The van der Waals surface area contributed by atoms with E-state index in [2.05, 4.69) is 62.4 Å². The third-order valence-electron chi connectivity index (χ3n) is 6.76. The minimum Gasteiger partial charge on any atom is -0.268 e. The monoisotopic (exact) mass is 416 g/mol. The second kappa shape index (κ2) is 7.73. The Balaban J connectivity index is 1.83. The van der Waals surface area contributed by atoms with Crippen LogP contribution in [0.2, 0.25) is 0 Å². The molecule has 2 aliphatic carbocycles. The van der Waals surface area contributed by atoms with Gasteiger partial charge in [-0.25, -0.2) is 4.98 Å². The van der Waals surface area contributed by atoms with Gasteiger partial charge in [0.2, 0.25) is 0 Å². The van der Waals surface area contributed by atoms with Gasteiger partial charge in [-0.15, -0.1) is 0 Å². The lowest BCUT2D eigenvalue weighted by atomic mass is 9.62. The first-order valence-corrected chi connectivity index (χ1v) is 12.1. The molecule has 1 fully saturated rings. The molecular weight excluding hydrogens is 388 g/mol. The molecule has 0 atom stereocenters. The summed E-state index contributed by atoms with van der Waals surface area (Å²) in [6.45, 7) is 4.19. The SMILES string of the molecule is CCSc1nc2c(c(=O)n1-c1ccc(C)cc1)C1(CCCCC1)Cc1ccccc1-2. The molecule has 0 bridgehead atoms. The average molecular weight is 417 g/mol. The van der Waals surface area contributed by atoms with Gasteiger partial charge in [-0.05, 0) is 49.6 Å². The number of benzene rings is 2. The van der Waals surface area contributed by atoms with E-state index in [0.29, 0.717) is 0 Å². The molecule has 2 aliphatic rings. The smallest absolute Gasteiger partial charge is 0.263 e. The minimum absolute atomic E-state index is 0.0755. The highest BCUT2D eigenvalue weighted by molar-refractivity contribution is 7.99. The van der Waals surface area contributed by atoms with Crippen LogP contribution in [-0.4, -0.2) is 15.3 Å². The van der Waals surface area contributed by atoms with Crippen molar-refractivity contribution in [3.63, 3.8) is 0 Å². The Bertz CT molecular complexity index is 1140. The van der Waals surface area contributed by atoms with E-state index in [0.717, 1.165) is 52.7 Å². The first-order valence-electron chi connectivity index (χ1n) is 11.1. The second-order valence-electron chi connectivity index (χ2n) is 8.70. The van der Waals surface area contributed by atoms with Crippen molar-refractivity contribution >= 4 is 11.8 Å². The van der Waals surface area contributed by atoms with Gasteiger partial charge < -0.3 is 0 Å². The van der Waals surface area contributed by atoms with Gasteiger partial charge >= 0.3 is 0 Å². The molecule has 3 nitrogen and oxygen atoms in total. The Morgan fingerprint density at radius 3 is 2.50 bits per heavy atom. The lowest BCUT2D eigenvalue weighted by Crippen LogP contribution is -2.42. The minimum atomic E-state index is -0.0755. The maximum Gasteiger partial charge on any atom is 0.263 e. The van der Waals surface area contributed by atoms with Crippen molar-refractivity contribution < 1.29 is 0 Å². The molecule has 1 aromatic heterocycles. The van der Waals surface area contributed by atoms with E-state index in [1.807, 2.05) is 4.57 Å². The Labute approximate surface area is 182 Å². The van der Waals surface area contributed by atoms with Crippen LogP contribution in [0, 0.1) is 6.92 Å². The lowest BCUT2D eigenvalue weighted by Gasteiger charge is -2.42. The van der Waals surface area contributed by atoms with Crippen LogP contribution in [0.25, 0.3) is 16.9 Å². The van der Waals surface area contributed by atoms with Crippen molar-refractivity contribution in [2.45, 2.75) is 62.9 Å². The predicted octanol–water partition coefficient (Wildman–Crippen LogP) is 6.08. The maximum absolute atomic E-state index is 14.2. The van der Waals surface area contributed by atoms with Crippen LogP contribution in [0.15, 0.2) is 58.5 Å². The van der Waals surface area contributed by atoms with Gasteiger partial charge in [-0.1, -0.05) is 79.9 Å². The standard InChI is InChI=1S/C26H28N2OS/c1-3-30-25-27-23-21-10-6-5-9-19(21)17-26(15-7-4-8-16-26)22(23)24(29)28(25)20-13-11-18(2)12-14-20/h5-6,9-14H,3-4,7-8,15-17H2,1-2H3. The molecule has 4 heteroatoms. The number of hydrogen-bond donors (Lipinski definition) is 0. The predicted molar refractivity (Wildman–Crippen MR) is 125 cm³/mol. The van der Waals surface area contributed by atoms with Gasteiger partial charge in [0.05, 0.1) is 16.9 Å².